The highest BCUT2D eigenvalue weighted by Gasteiger charge is 2.16. The highest BCUT2D eigenvalue weighted by Crippen LogP contribution is 2.38. The summed E-state index contributed by atoms with van der Waals surface area (Å²) in [6.45, 7) is 2.83. The van der Waals surface area contributed by atoms with E-state index < -0.39 is 0 Å². The molecule has 3 rings (SSSR count). The molecule has 0 fully saturated rings. The first-order valence-electron chi connectivity index (χ1n) is 7.87. The van der Waals surface area contributed by atoms with Gasteiger partial charge in [0.25, 0.3) is 0 Å². The molecule has 120 valence electrons. The lowest BCUT2D eigenvalue weighted by Crippen LogP contribution is -1.99. The molecule has 0 radical (unpaired) electrons. The Bertz CT molecular complexity index is 837. The van der Waals surface area contributed by atoms with Crippen LogP contribution in [0.25, 0.3) is 22.2 Å². The molecule has 0 amide bonds. The largest absolute Gasteiger partial charge is 0.354 e. The summed E-state index contributed by atoms with van der Waals surface area (Å²) >= 11 is 12.7. The second-order valence-electron chi connectivity index (χ2n) is 5.87. The van der Waals surface area contributed by atoms with Crippen LogP contribution in [0.4, 0.5) is 0 Å². The molecule has 0 aliphatic heterocycles. The first kappa shape index (κ1) is 16.4. The lowest BCUT2D eigenvalue weighted by Gasteiger charge is -2.08. The van der Waals surface area contributed by atoms with E-state index in [1.54, 1.807) is 0 Å². The van der Waals surface area contributed by atoms with Gasteiger partial charge in [0.15, 0.2) is 0 Å². The van der Waals surface area contributed by atoms with Crippen molar-refractivity contribution in [3.05, 3.63) is 57.6 Å². The molecule has 3 aromatic rings. The summed E-state index contributed by atoms with van der Waals surface area (Å²) in [5, 5.41) is 2.43. The summed E-state index contributed by atoms with van der Waals surface area (Å²) in [5.41, 5.74) is 11.3. The number of aromatic nitrogens is 1. The van der Waals surface area contributed by atoms with Crippen LogP contribution in [0, 0.1) is 6.92 Å². The van der Waals surface area contributed by atoms with E-state index >= 15 is 0 Å². The molecule has 2 nitrogen and oxygen atoms in total. The van der Waals surface area contributed by atoms with Crippen LogP contribution in [0.3, 0.4) is 0 Å². The number of aromatic amines is 1. The molecule has 0 spiro atoms. The third kappa shape index (κ3) is 3.25. The van der Waals surface area contributed by atoms with Crippen molar-refractivity contribution in [3.8, 4) is 11.3 Å². The van der Waals surface area contributed by atoms with Gasteiger partial charge in [0.05, 0.1) is 15.7 Å². The van der Waals surface area contributed by atoms with Crippen molar-refractivity contribution in [2.45, 2.75) is 26.2 Å². The zero-order valence-corrected chi connectivity index (χ0v) is 14.6. The average Bonchev–Trinajstić information content (AvgIpc) is 2.88. The number of nitrogens with two attached hydrogens (primary N) is 1. The van der Waals surface area contributed by atoms with Gasteiger partial charge in [-0.25, -0.2) is 0 Å². The Balaban J connectivity index is 2.18. The third-order valence-electron chi connectivity index (χ3n) is 4.16. The van der Waals surface area contributed by atoms with Crippen LogP contribution in [-0.2, 0) is 6.42 Å². The van der Waals surface area contributed by atoms with Crippen LogP contribution >= 0.6 is 23.2 Å². The maximum absolute atomic E-state index is 6.45. The molecule has 3 N–H and O–H groups in total. The van der Waals surface area contributed by atoms with Gasteiger partial charge in [-0.2, -0.15) is 0 Å². The molecule has 1 heterocycles. The van der Waals surface area contributed by atoms with E-state index in [0.29, 0.717) is 16.6 Å². The number of unbranched alkanes of at least 4 members (excludes halogenated alkanes) is 1. The van der Waals surface area contributed by atoms with Crippen LogP contribution in [0.5, 0.6) is 0 Å². The molecule has 0 saturated heterocycles. The van der Waals surface area contributed by atoms with Crippen LogP contribution in [0.1, 0.15) is 24.0 Å². The number of aryl methyl sites for hydroxylation is 2. The highest BCUT2D eigenvalue weighted by atomic mass is 35.5. The number of rotatable bonds is 5. The van der Waals surface area contributed by atoms with Crippen molar-refractivity contribution in [1.29, 1.82) is 0 Å². The first-order chi connectivity index (χ1) is 11.1. The summed E-state index contributed by atoms with van der Waals surface area (Å²) in [7, 11) is 0. The van der Waals surface area contributed by atoms with Gasteiger partial charge in [-0.3, -0.25) is 0 Å². The molecular weight excluding hydrogens is 327 g/mol. The number of hydrogen-bond donors (Lipinski definition) is 2. The van der Waals surface area contributed by atoms with Crippen molar-refractivity contribution in [1.82, 2.24) is 4.98 Å². The van der Waals surface area contributed by atoms with Gasteiger partial charge in [0.2, 0.25) is 0 Å². The van der Waals surface area contributed by atoms with Crippen LogP contribution < -0.4 is 5.73 Å². The maximum atomic E-state index is 6.45. The minimum Gasteiger partial charge on any atom is -0.354 e. The third-order valence-corrected chi connectivity index (χ3v) is 4.98. The number of benzene rings is 2. The fourth-order valence-corrected chi connectivity index (χ4v) is 3.39. The molecule has 1 aromatic heterocycles. The molecule has 0 saturated carbocycles. The quantitative estimate of drug-likeness (QED) is 0.569. The van der Waals surface area contributed by atoms with Gasteiger partial charge in [-0.1, -0.05) is 47.0 Å². The van der Waals surface area contributed by atoms with Gasteiger partial charge in [-0.15, -0.1) is 0 Å². The van der Waals surface area contributed by atoms with Crippen LogP contribution in [0.15, 0.2) is 36.4 Å². The lowest BCUT2D eigenvalue weighted by atomic mass is 9.99. The van der Waals surface area contributed by atoms with E-state index in [0.717, 1.165) is 36.0 Å². The minimum absolute atomic E-state index is 0.576. The van der Waals surface area contributed by atoms with Crippen molar-refractivity contribution in [3.63, 3.8) is 0 Å². The molecular formula is C19H20Cl2N2. The SMILES string of the molecule is Cc1ccc2[nH]c(-c3cccc(Cl)c3Cl)c(CCCCN)c2c1. The second kappa shape index (κ2) is 6.96. The molecule has 0 atom stereocenters. The Morgan fingerprint density at radius 3 is 2.70 bits per heavy atom. The van der Waals surface area contributed by atoms with Crippen molar-refractivity contribution < 1.29 is 0 Å². The number of hydrogen-bond acceptors (Lipinski definition) is 1. The summed E-state index contributed by atoms with van der Waals surface area (Å²) in [4.78, 5) is 3.53. The van der Waals surface area contributed by atoms with E-state index in [1.807, 2.05) is 18.2 Å². The van der Waals surface area contributed by atoms with Crippen LogP contribution in [0.2, 0.25) is 10.0 Å². The van der Waals surface area contributed by atoms with Gasteiger partial charge in [-0.05, 0) is 56.5 Å². The zero-order valence-electron chi connectivity index (χ0n) is 13.1. The highest BCUT2D eigenvalue weighted by molar-refractivity contribution is 6.43. The topological polar surface area (TPSA) is 41.8 Å². The molecule has 0 unspecified atom stereocenters. The molecule has 0 aliphatic carbocycles. The normalized spacial score (nSPS) is 11.3. The van der Waals surface area contributed by atoms with Gasteiger partial charge >= 0.3 is 0 Å². The maximum Gasteiger partial charge on any atom is 0.0685 e. The van der Waals surface area contributed by atoms with Crippen molar-refractivity contribution in [2.75, 3.05) is 6.54 Å². The first-order valence-corrected chi connectivity index (χ1v) is 8.63. The van der Waals surface area contributed by atoms with E-state index in [-0.39, 0.29) is 0 Å². The van der Waals surface area contributed by atoms with E-state index in [9.17, 15) is 0 Å². The number of halogens is 2. The Morgan fingerprint density at radius 1 is 1.09 bits per heavy atom. The summed E-state index contributed by atoms with van der Waals surface area (Å²) < 4.78 is 0. The minimum atomic E-state index is 0.576. The smallest absolute Gasteiger partial charge is 0.0685 e. The van der Waals surface area contributed by atoms with Gasteiger partial charge in [0.1, 0.15) is 0 Å². The van der Waals surface area contributed by atoms with Gasteiger partial charge in [0, 0.05) is 16.5 Å². The monoisotopic (exact) mass is 346 g/mol. The predicted octanol–water partition coefficient (Wildman–Crippen LogP) is 5.73. The Hall–Kier alpha value is -1.48. The summed E-state index contributed by atoms with van der Waals surface area (Å²) in [5.74, 6) is 0. The lowest BCUT2D eigenvalue weighted by molar-refractivity contribution is 0.748. The van der Waals surface area contributed by atoms with E-state index in [2.05, 4.69) is 30.1 Å². The van der Waals surface area contributed by atoms with Crippen molar-refractivity contribution >= 4 is 34.1 Å². The standard InChI is InChI=1S/C19H20Cl2N2/c1-12-8-9-17-15(11-12)13(5-2-3-10-22)19(23-17)14-6-4-7-16(20)18(14)21/h4,6-9,11,23H,2-3,5,10,22H2,1H3. The number of fused-ring (bicyclic) bond motifs is 1. The molecule has 23 heavy (non-hydrogen) atoms. The van der Waals surface area contributed by atoms with Crippen molar-refractivity contribution in [2.24, 2.45) is 5.73 Å². The Morgan fingerprint density at radius 2 is 1.91 bits per heavy atom. The zero-order chi connectivity index (χ0) is 16.4. The van der Waals surface area contributed by atoms with Crippen LogP contribution in [-0.4, -0.2) is 11.5 Å². The molecule has 2 aromatic carbocycles. The fraction of sp³-hybridized carbons (Fsp3) is 0.263. The summed E-state index contributed by atoms with van der Waals surface area (Å²) in [6, 6.07) is 12.2. The molecule has 0 bridgehead atoms. The molecule has 4 heteroatoms. The Labute approximate surface area is 146 Å². The average molecular weight is 347 g/mol. The van der Waals surface area contributed by atoms with E-state index in [1.165, 1.54) is 16.5 Å². The molecule has 0 aliphatic rings. The number of H-pyrrole nitrogens is 1. The second-order valence-corrected chi connectivity index (χ2v) is 6.66. The van der Waals surface area contributed by atoms with Gasteiger partial charge < -0.3 is 10.7 Å². The predicted molar refractivity (Wildman–Crippen MR) is 100 cm³/mol. The fourth-order valence-electron chi connectivity index (χ4n) is 2.99. The Kier molecular flexibility index (Phi) is 4.96. The number of nitrogens with one attached hydrogen (secondary N) is 1. The summed E-state index contributed by atoms with van der Waals surface area (Å²) in [6.07, 6.45) is 3.04. The van der Waals surface area contributed by atoms with E-state index in [4.69, 9.17) is 28.9 Å².